The zero-order valence-electron chi connectivity index (χ0n) is 15.6. The van der Waals surface area contributed by atoms with Crippen LogP contribution < -0.4 is 9.59 Å². The molecule has 0 saturated heterocycles. The average Bonchev–Trinajstić information content (AvgIpc) is 2.68. The van der Waals surface area contributed by atoms with Gasteiger partial charge in [0.25, 0.3) is 0 Å². The van der Waals surface area contributed by atoms with Gasteiger partial charge in [0.05, 0.1) is 0 Å². The second kappa shape index (κ2) is 7.04. The zero-order valence-corrected chi connectivity index (χ0v) is 15.6. The summed E-state index contributed by atoms with van der Waals surface area (Å²) in [6.07, 6.45) is 7.96. The van der Waals surface area contributed by atoms with E-state index in [-0.39, 0.29) is 0 Å². The first-order chi connectivity index (χ1) is 13.1. The highest BCUT2D eigenvalue weighted by Gasteiger charge is 2.08. The van der Waals surface area contributed by atoms with E-state index in [0.717, 1.165) is 28.0 Å². The van der Waals surface area contributed by atoms with Crippen LogP contribution in [-0.4, -0.2) is 4.98 Å². The van der Waals surface area contributed by atoms with Crippen molar-refractivity contribution in [2.75, 3.05) is 0 Å². The lowest BCUT2D eigenvalue weighted by Crippen LogP contribution is -2.36. The van der Waals surface area contributed by atoms with Crippen LogP contribution in [0.5, 0.6) is 0 Å². The summed E-state index contributed by atoms with van der Waals surface area (Å²) < 4.78 is 1.84. The molecule has 2 aromatic heterocycles. The lowest BCUT2D eigenvalue weighted by atomic mass is 9.96. The van der Waals surface area contributed by atoms with Crippen LogP contribution in [0.2, 0.25) is 0 Å². The van der Waals surface area contributed by atoms with Gasteiger partial charge in [0.1, 0.15) is 6.72 Å². The summed E-state index contributed by atoms with van der Waals surface area (Å²) >= 11 is 0. The van der Waals surface area contributed by atoms with Gasteiger partial charge in [-0.25, -0.2) is 0 Å². The largest absolute Gasteiger partial charge is 0.651 e. The molecule has 3 heterocycles. The highest BCUT2D eigenvalue weighted by molar-refractivity contribution is 6.01. The van der Waals surface area contributed by atoms with Crippen LogP contribution in [0.4, 0.5) is 0 Å². The fourth-order valence-corrected chi connectivity index (χ4v) is 3.32. The molecule has 0 bridgehead atoms. The zero-order chi connectivity index (χ0) is 18.8. The maximum absolute atomic E-state index is 4.88. The first-order valence-corrected chi connectivity index (χ1v) is 8.94. The molecule has 0 fully saturated rings. The maximum Gasteiger partial charge on any atom is 0.195 e. The van der Waals surface area contributed by atoms with Crippen LogP contribution in [0, 0.1) is 20.6 Å². The number of rotatable bonds is 2. The Balaban J connectivity index is 1.96. The number of pyridine rings is 2. The molecule has 3 heteroatoms. The van der Waals surface area contributed by atoms with Crippen molar-refractivity contribution in [3.05, 3.63) is 119 Å². The predicted molar refractivity (Wildman–Crippen MR) is 110 cm³/mol. The van der Waals surface area contributed by atoms with Crippen molar-refractivity contribution in [2.24, 2.45) is 0 Å². The molecule has 27 heavy (non-hydrogen) atoms. The molecule has 1 aliphatic heterocycles. The van der Waals surface area contributed by atoms with E-state index < -0.39 is 0 Å². The van der Waals surface area contributed by atoms with Gasteiger partial charge in [-0.2, -0.15) is 4.24 Å². The molecule has 0 unspecified atom stereocenters. The van der Waals surface area contributed by atoms with Gasteiger partial charge < -0.3 is 5.32 Å². The summed E-state index contributed by atoms with van der Waals surface area (Å²) in [5.74, 6) is 0. The molecule has 0 atom stereocenters. The fraction of sp³-hybridized carbons (Fsp3) is 0.0833. The minimum atomic E-state index is 0.853. The summed E-state index contributed by atoms with van der Waals surface area (Å²) in [5, 5.41) is 5.84. The molecule has 3 aromatic rings. The molecule has 0 N–H and O–H groups in total. The van der Waals surface area contributed by atoms with E-state index in [1.54, 1.807) is 6.20 Å². The molecule has 0 amide bonds. The lowest BCUT2D eigenvalue weighted by molar-refractivity contribution is -0.514. The van der Waals surface area contributed by atoms with E-state index >= 15 is 0 Å². The summed E-state index contributed by atoms with van der Waals surface area (Å²) in [6.45, 7) is 8.34. The van der Waals surface area contributed by atoms with Crippen molar-refractivity contribution in [3.63, 3.8) is 0 Å². The molecule has 0 spiro atoms. The number of hydrogen-bond acceptors (Lipinski definition) is 1. The number of nitrogens with zero attached hydrogens (tertiary/aromatic N) is 3. The van der Waals surface area contributed by atoms with Crippen LogP contribution in [-0.2, 0) is 0 Å². The number of hydrogen-bond donors (Lipinski definition) is 0. The van der Waals surface area contributed by atoms with Gasteiger partial charge in [0.15, 0.2) is 11.5 Å². The van der Waals surface area contributed by atoms with Crippen molar-refractivity contribution < 1.29 is 4.24 Å². The van der Waals surface area contributed by atoms with Gasteiger partial charge >= 0.3 is 0 Å². The highest BCUT2D eigenvalue weighted by atomic mass is 14.9. The molecule has 132 valence electrons. The number of benzene rings is 1. The van der Waals surface area contributed by atoms with Crippen molar-refractivity contribution in [2.45, 2.75) is 13.8 Å². The van der Waals surface area contributed by atoms with E-state index in [4.69, 9.17) is 5.32 Å². The highest BCUT2D eigenvalue weighted by Crippen LogP contribution is 2.35. The second-order valence-corrected chi connectivity index (χ2v) is 6.77. The summed E-state index contributed by atoms with van der Waals surface area (Å²) in [6, 6.07) is 18.5. The standard InChI is InChI=1S/C24H21N3/c1-17-12-18(2)14-19(13-17)20-15-22(21-8-4-6-10-25-21)26-23(16-20)24-9-5-7-11-27(24)3/h4-16H,3H2,1-2H3. The van der Waals surface area contributed by atoms with Crippen molar-refractivity contribution in [3.8, 4) is 0 Å². The second-order valence-electron chi connectivity index (χ2n) is 6.77. The summed E-state index contributed by atoms with van der Waals surface area (Å²) in [7, 11) is 0. The van der Waals surface area contributed by atoms with Crippen LogP contribution in [0.15, 0.2) is 79.1 Å². The Bertz CT molecular complexity index is 1150. The number of allylic oxidation sites excluding steroid dienone is 2. The van der Waals surface area contributed by atoms with Crippen molar-refractivity contribution >= 4 is 17.0 Å². The molecular weight excluding hydrogens is 330 g/mol. The Morgan fingerprint density at radius 1 is 0.926 bits per heavy atom. The van der Waals surface area contributed by atoms with E-state index in [1.165, 1.54) is 16.7 Å². The molecular formula is C24H21N3. The summed E-state index contributed by atoms with van der Waals surface area (Å²) in [5.41, 5.74) is 7.38. The fourth-order valence-electron chi connectivity index (χ4n) is 3.32. The van der Waals surface area contributed by atoms with Crippen molar-refractivity contribution in [1.82, 2.24) is 4.98 Å². The smallest absolute Gasteiger partial charge is 0.195 e. The van der Waals surface area contributed by atoms with E-state index in [9.17, 15) is 0 Å². The Labute approximate surface area is 159 Å². The molecule has 0 radical (unpaired) electrons. The molecule has 1 aliphatic rings. The SMILES string of the molecule is C=[n+]1ccccc1=C1C=C(c2cc(C)cc(C)c2)C=C(c2ccccn2)[N-]1. The van der Waals surface area contributed by atoms with Gasteiger partial charge in [0, 0.05) is 24.0 Å². The van der Waals surface area contributed by atoms with Crippen LogP contribution >= 0.6 is 0 Å². The maximum atomic E-state index is 4.88. The first-order valence-electron chi connectivity index (χ1n) is 8.94. The monoisotopic (exact) mass is 351 g/mol. The van der Waals surface area contributed by atoms with Crippen LogP contribution in [0.1, 0.15) is 22.4 Å². The number of aryl methyl sites for hydroxylation is 2. The molecule has 3 nitrogen and oxygen atoms in total. The topological polar surface area (TPSA) is 32.9 Å². The predicted octanol–water partition coefficient (Wildman–Crippen LogP) is 4.25. The minimum Gasteiger partial charge on any atom is -0.651 e. The molecule has 4 rings (SSSR count). The lowest BCUT2D eigenvalue weighted by Gasteiger charge is -2.30. The third kappa shape index (κ3) is 3.58. The van der Waals surface area contributed by atoms with E-state index in [1.807, 2.05) is 46.8 Å². The first kappa shape index (κ1) is 17.0. The van der Waals surface area contributed by atoms with Crippen LogP contribution in [0.3, 0.4) is 0 Å². The third-order valence-electron chi connectivity index (χ3n) is 4.51. The van der Waals surface area contributed by atoms with Gasteiger partial charge in [-0.3, -0.25) is 4.98 Å². The molecule has 1 aromatic carbocycles. The summed E-state index contributed by atoms with van der Waals surface area (Å²) in [4.78, 5) is 4.49. The minimum absolute atomic E-state index is 0.853. The molecule has 0 saturated carbocycles. The Morgan fingerprint density at radius 3 is 2.41 bits per heavy atom. The van der Waals surface area contributed by atoms with Crippen LogP contribution in [0.25, 0.3) is 22.3 Å². The molecule has 0 aliphatic carbocycles. The Morgan fingerprint density at radius 2 is 1.70 bits per heavy atom. The third-order valence-corrected chi connectivity index (χ3v) is 4.51. The van der Waals surface area contributed by atoms with Gasteiger partial charge in [-0.15, -0.1) is 5.70 Å². The Hall–Kier alpha value is -3.46. The number of aromatic nitrogens is 2. The quantitative estimate of drug-likeness (QED) is 0.636. The van der Waals surface area contributed by atoms with E-state index in [0.29, 0.717) is 0 Å². The van der Waals surface area contributed by atoms with Crippen molar-refractivity contribution in [1.29, 1.82) is 0 Å². The average molecular weight is 351 g/mol. The Kier molecular flexibility index (Phi) is 4.43. The normalized spacial score (nSPS) is 15.6. The van der Waals surface area contributed by atoms with Gasteiger partial charge in [0.2, 0.25) is 0 Å². The van der Waals surface area contributed by atoms with Gasteiger partial charge in [-0.1, -0.05) is 53.2 Å². The van der Waals surface area contributed by atoms with Gasteiger partial charge in [-0.05, 0) is 43.2 Å². The van der Waals surface area contributed by atoms with E-state index in [2.05, 4.69) is 55.9 Å².